The summed E-state index contributed by atoms with van der Waals surface area (Å²) in [4.78, 5) is 13.8. The summed E-state index contributed by atoms with van der Waals surface area (Å²) in [6.45, 7) is 0.738. The molecule has 2 heterocycles. The summed E-state index contributed by atoms with van der Waals surface area (Å²) < 4.78 is 5.12. The molecule has 4 nitrogen and oxygen atoms in total. The summed E-state index contributed by atoms with van der Waals surface area (Å²) in [6, 6.07) is 5.84. The molecule has 2 aromatic rings. The van der Waals surface area contributed by atoms with E-state index < -0.39 is 0 Å². The number of pyridine rings is 1. The molecule has 5 heteroatoms. The van der Waals surface area contributed by atoms with Crippen LogP contribution >= 0.6 is 11.8 Å². The van der Waals surface area contributed by atoms with E-state index in [4.69, 9.17) is 14.7 Å². The highest BCUT2D eigenvalue weighted by Gasteiger charge is 2.20. The van der Waals surface area contributed by atoms with Gasteiger partial charge in [-0.25, -0.2) is 9.97 Å². The van der Waals surface area contributed by atoms with Crippen molar-refractivity contribution in [2.45, 2.75) is 24.3 Å². The van der Waals surface area contributed by atoms with Gasteiger partial charge in [0, 0.05) is 30.3 Å². The van der Waals surface area contributed by atoms with E-state index >= 15 is 0 Å². The number of hydrogen-bond donors (Lipinski definition) is 0. The van der Waals surface area contributed by atoms with Gasteiger partial charge in [-0.1, -0.05) is 6.07 Å². The van der Waals surface area contributed by atoms with Crippen molar-refractivity contribution in [1.29, 1.82) is 0 Å². The Morgan fingerprint density at radius 2 is 2.20 bits per heavy atom. The number of thioether (sulfide) groups is 1. The largest absolute Gasteiger partial charge is 0.384 e. The van der Waals surface area contributed by atoms with Gasteiger partial charge in [-0.05, 0) is 31.4 Å². The van der Waals surface area contributed by atoms with Crippen LogP contribution in [0.15, 0.2) is 29.4 Å². The van der Waals surface area contributed by atoms with Gasteiger partial charge < -0.3 is 4.74 Å². The summed E-state index contributed by atoms with van der Waals surface area (Å²) in [7, 11) is 1.73. The molecule has 0 saturated carbocycles. The molecule has 0 radical (unpaired) electrons. The molecule has 0 fully saturated rings. The van der Waals surface area contributed by atoms with E-state index in [2.05, 4.69) is 4.98 Å². The molecule has 1 aliphatic rings. The number of aromatic nitrogens is 3. The second-order valence-corrected chi connectivity index (χ2v) is 5.77. The number of nitrogens with zero attached hydrogens (tertiary/aromatic N) is 3. The molecule has 0 bridgehead atoms. The molecule has 0 amide bonds. The van der Waals surface area contributed by atoms with Crippen molar-refractivity contribution in [3.8, 4) is 11.5 Å². The normalized spacial score (nSPS) is 13.4. The van der Waals surface area contributed by atoms with Gasteiger partial charge in [-0.3, -0.25) is 4.98 Å². The SMILES string of the molecule is COCCSc1nc(-c2ccccn2)nc2c1CCC2. The highest BCUT2D eigenvalue weighted by Crippen LogP contribution is 2.31. The molecule has 20 heavy (non-hydrogen) atoms. The van der Waals surface area contributed by atoms with Gasteiger partial charge in [0.1, 0.15) is 10.7 Å². The summed E-state index contributed by atoms with van der Waals surface area (Å²) in [6.07, 6.45) is 5.10. The second-order valence-electron chi connectivity index (χ2n) is 4.69. The van der Waals surface area contributed by atoms with E-state index in [1.807, 2.05) is 18.2 Å². The van der Waals surface area contributed by atoms with Crippen LogP contribution in [0.3, 0.4) is 0 Å². The lowest BCUT2D eigenvalue weighted by molar-refractivity contribution is 0.218. The van der Waals surface area contributed by atoms with Crippen molar-refractivity contribution in [3.05, 3.63) is 35.7 Å². The van der Waals surface area contributed by atoms with Crippen LogP contribution in [0.1, 0.15) is 17.7 Å². The Morgan fingerprint density at radius 1 is 1.25 bits per heavy atom. The third-order valence-electron chi connectivity index (χ3n) is 3.32. The molecular formula is C15H17N3OS. The van der Waals surface area contributed by atoms with Crippen LogP contribution in [0, 0.1) is 0 Å². The molecule has 1 aliphatic carbocycles. The first-order valence-electron chi connectivity index (χ1n) is 6.81. The summed E-state index contributed by atoms with van der Waals surface area (Å²) >= 11 is 1.76. The number of fused-ring (bicyclic) bond motifs is 1. The van der Waals surface area contributed by atoms with E-state index in [1.165, 1.54) is 17.7 Å². The first-order valence-corrected chi connectivity index (χ1v) is 7.80. The van der Waals surface area contributed by atoms with Crippen LogP contribution in [0.2, 0.25) is 0 Å². The minimum Gasteiger partial charge on any atom is -0.384 e. The number of ether oxygens (including phenoxy) is 1. The molecule has 0 unspecified atom stereocenters. The lowest BCUT2D eigenvalue weighted by Crippen LogP contribution is -2.02. The minimum atomic E-state index is 0.738. The fraction of sp³-hybridized carbons (Fsp3) is 0.400. The Hall–Kier alpha value is -1.46. The first-order chi connectivity index (χ1) is 9.88. The number of methoxy groups -OCH3 is 1. The Balaban J connectivity index is 1.94. The number of rotatable bonds is 5. The molecule has 0 N–H and O–H groups in total. The van der Waals surface area contributed by atoms with Gasteiger partial charge in [0.05, 0.1) is 6.61 Å². The highest BCUT2D eigenvalue weighted by molar-refractivity contribution is 7.99. The molecule has 0 aromatic carbocycles. The van der Waals surface area contributed by atoms with Crippen molar-refractivity contribution < 1.29 is 4.74 Å². The van der Waals surface area contributed by atoms with Crippen LogP contribution in [-0.2, 0) is 17.6 Å². The topological polar surface area (TPSA) is 47.9 Å². The average molecular weight is 287 g/mol. The van der Waals surface area contributed by atoms with Gasteiger partial charge >= 0.3 is 0 Å². The van der Waals surface area contributed by atoms with Crippen LogP contribution < -0.4 is 0 Å². The number of aryl methyl sites for hydroxylation is 1. The fourth-order valence-corrected chi connectivity index (χ4v) is 3.34. The van der Waals surface area contributed by atoms with E-state index in [1.54, 1.807) is 25.1 Å². The van der Waals surface area contributed by atoms with Gasteiger partial charge in [-0.15, -0.1) is 11.8 Å². The third-order valence-corrected chi connectivity index (χ3v) is 4.30. The smallest absolute Gasteiger partial charge is 0.179 e. The van der Waals surface area contributed by atoms with Crippen LogP contribution in [0.4, 0.5) is 0 Å². The predicted molar refractivity (Wildman–Crippen MR) is 79.9 cm³/mol. The zero-order valence-electron chi connectivity index (χ0n) is 11.5. The Labute approximate surface area is 123 Å². The van der Waals surface area contributed by atoms with Gasteiger partial charge in [-0.2, -0.15) is 0 Å². The maximum atomic E-state index is 5.12. The highest BCUT2D eigenvalue weighted by atomic mass is 32.2. The summed E-state index contributed by atoms with van der Waals surface area (Å²) in [5, 5.41) is 1.10. The number of hydrogen-bond acceptors (Lipinski definition) is 5. The quantitative estimate of drug-likeness (QED) is 0.481. The second kappa shape index (κ2) is 6.33. The van der Waals surface area contributed by atoms with Crippen LogP contribution in [-0.4, -0.2) is 34.4 Å². The van der Waals surface area contributed by atoms with Gasteiger partial charge in [0.2, 0.25) is 0 Å². The predicted octanol–water partition coefficient (Wildman–Crippen LogP) is 2.77. The minimum absolute atomic E-state index is 0.738. The fourth-order valence-electron chi connectivity index (χ4n) is 2.35. The zero-order chi connectivity index (χ0) is 13.8. The third kappa shape index (κ3) is 2.83. The lowest BCUT2D eigenvalue weighted by atomic mass is 10.2. The van der Waals surface area contributed by atoms with Gasteiger partial charge in [0.15, 0.2) is 5.82 Å². The monoisotopic (exact) mass is 287 g/mol. The Bertz CT molecular complexity index is 589. The molecular weight excluding hydrogens is 270 g/mol. The summed E-state index contributed by atoms with van der Waals surface area (Å²) in [5.74, 6) is 1.66. The molecule has 3 rings (SSSR count). The summed E-state index contributed by atoms with van der Waals surface area (Å²) in [5.41, 5.74) is 3.36. The van der Waals surface area contributed by atoms with E-state index in [0.29, 0.717) is 0 Å². The van der Waals surface area contributed by atoms with Crippen molar-refractivity contribution in [2.24, 2.45) is 0 Å². The van der Waals surface area contributed by atoms with Crippen LogP contribution in [0.5, 0.6) is 0 Å². The average Bonchev–Trinajstić information content (AvgIpc) is 2.97. The Morgan fingerprint density at radius 3 is 3.00 bits per heavy atom. The van der Waals surface area contributed by atoms with Gasteiger partial charge in [0.25, 0.3) is 0 Å². The van der Waals surface area contributed by atoms with E-state index in [-0.39, 0.29) is 0 Å². The van der Waals surface area contributed by atoms with Crippen molar-refractivity contribution in [2.75, 3.05) is 19.5 Å². The molecule has 0 saturated heterocycles. The van der Waals surface area contributed by atoms with Crippen molar-refractivity contribution in [1.82, 2.24) is 15.0 Å². The molecule has 0 spiro atoms. The van der Waals surface area contributed by atoms with E-state index in [0.717, 1.165) is 41.7 Å². The lowest BCUT2D eigenvalue weighted by Gasteiger charge is -2.09. The first kappa shape index (κ1) is 13.5. The maximum absolute atomic E-state index is 5.12. The van der Waals surface area contributed by atoms with Crippen molar-refractivity contribution in [3.63, 3.8) is 0 Å². The Kier molecular flexibility index (Phi) is 4.28. The molecule has 2 aromatic heterocycles. The molecule has 104 valence electrons. The maximum Gasteiger partial charge on any atom is 0.179 e. The molecule has 0 aliphatic heterocycles. The molecule has 0 atom stereocenters. The van der Waals surface area contributed by atoms with E-state index in [9.17, 15) is 0 Å². The standard InChI is InChI=1S/C15H17N3OS/c1-19-9-10-20-15-11-5-4-7-12(11)17-14(18-15)13-6-2-3-8-16-13/h2-3,6,8H,4-5,7,9-10H2,1H3. The van der Waals surface area contributed by atoms with Crippen LogP contribution in [0.25, 0.3) is 11.5 Å². The van der Waals surface area contributed by atoms with Crippen molar-refractivity contribution >= 4 is 11.8 Å². The zero-order valence-corrected chi connectivity index (χ0v) is 12.3.